The van der Waals surface area contributed by atoms with Gasteiger partial charge in [0.1, 0.15) is 0 Å². The second-order valence-corrected chi connectivity index (χ2v) is 5.35. The standard InChI is InChI=1S/C16H16N2OS/c1-12-4-6-14(7-5-12)16(19)18-10-15-9-13(11-20-15)3-2-8-17/h4-7,9,11H,8,10,17H2,1H3,(H,18,19). The van der Waals surface area contributed by atoms with E-state index in [1.54, 1.807) is 11.3 Å². The van der Waals surface area contributed by atoms with Gasteiger partial charge in [-0.3, -0.25) is 4.79 Å². The lowest BCUT2D eigenvalue weighted by atomic mass is 10.1. The third-order valence-corrected chi connectivity index (χ3v) is 3.66. The van der Waals surface area contributed by atoms with Crippen LogP contribution in [0.1, 0.15) is 26.4 Å². The van der Waals surface area contributed by atoms with Crippen molar-refractivity contribution in [2.75, 3.05) is 6.54 Å². The van der Waals surface area contributed by atoms with Crippen molar-refractivity contribution in [1.29, 1.82) is 0 Å². The first-order valence-corrected chi connectivity index (χ1v) is 7.18. The average Bonchev–Trinajstić information content (AvgIpc) is 2.91. The molecule has 0 fully saturated rings. The Morgan fingerprint density at radius 1 is 1.35 bits per heavy atom. The van der Waals surface area contributed by atoms with Crippen LogP contribution in [0, 0.1) is 18.8 Å². The third-order valence-electron chi connectivity index (χ3n) is 2.73. The summed E-state index contributed by atoms with van der Waals surface area (Å²) in [6.45, 7) is 2.87. The van der Waals surface area contributed by atoms with Crippen LogP contribution in [0.15, 0.2) is 35.7 Å². The summed E-state index contributed by atoms with van der Waals surface area (Å²) in [4.78, 5) is 13.0. The summed E-state index contributed by atoms with van der Waals surface area (Å²) >= 11 is 1.58. The molecular weight excluding hydrogens is 268 g/mol. The van der Waals surface area contributed by atoms with Crippen molar-refractivity contribution in [3.63, 3.8) is 0 Å². The van der Waals surface area contributed by atoms with Crippen molar-refractivity contribution in [1.82, 2.24) is 5.32 Å². The summed E-state index contributed by atoms with van der Waals surface area (Å²) in [7, 11) is 0. The van der Waals surface area contributed by atoms with Crippen LogP contribution >= 0.6 is 11.3 Å². The molecule has 102 valence electrons. The molecule has 3 N–H and O–H groups in total. The largest absolute Gasteiger partial charge is 0.347 e. The fourth-order valence-electron chi connectivity index (χ4n) is 1.67. The van der Waals surface area contributed by atoms with E-state index in [0.29, 0.717) is 18.7 Å². The van der Waals surface area contributed by atoms with Crippen molar-refractivity contribution in [2.45, 2.75) is 13.5 Å². The highest BCUT2D eigenvalue weighted by Gasteiger charge is 2.05. The second kappa shape index (κ2) is 6.90. The number of thiophene rings is 1. The summed E-state index contributed by atoms with van der Waals surface area (Å²) in [5, 5.41) is 4.87. The maximum absolute atomic E-state index is 12.0. The number of hydrogen-bond acceptors (Lipinski definition) is 3. The summed E-state index contributed by atoms with van der Waals surface area (Å²) < 4.78 is 0. The number of rotatable bonds is 3. The number of carbonyl (C=O) groups excluding carboxylic acids is 1. The van der Waals surface area contributed by atoms with E-state index in [2.05, 4.69) is 17.2 Å². The molecule has 1 aromatic heterocycles. The van der Waals surface area contributed by atoms with Crippen molar-refractivity contribution in [2.24, 2.45) is 5.73 Å². The van der Waals surface area contributed by atoms with E-state index in [9.17, 15) is 4.79 Å². The van der Waals surface area contributed by atoms with E-state index in [-0.39, 0.29) is 5.91 Å². The van der Waals surface area contributed by atoms with Gasteiger partial charge in [-0.25, -0.2) is 0 Å². The van der Waals surface area contributed by atoms with E-state index < -0.39 is 0 Å². The lowest BCUT2D eigenvalue weighted by Gasteiger charge is -2.03. The molecule has 0 aliphatic heterocycles. The molecule has 4 heteroatoms. The van der Waals surface area contributed by atoms with Gasteiger partial charge in [-0.15, -0.1) is 11.3 Å². The second-order valence-electron chi connectivity index (χ2n) is 4.36. The lowest BCUT2D eigenvalue weighted by Crippen LogP contribution is -2.22. The molecule has 2 rings (SSSR count). The highest BCUT2D eigenvalue weighted by Crippen LogP contribution is 2.13. The summed E-state index contributed by atoms with van der Waals surface area (Å²) in [6.07, 6.45) is 0. The van der Waals surface area contributed by atoms with Crippen LogP contribution in [-0.4, -0.2) is 12.5 Å². The number of nitrogens with two attached hydrogens (primary N) is 1. The van der Waals surface area contributed by atoms with Crippen molar-refractivity contribution in [3.05, 3.63) is 57.3 Å². The molecule has 1 heterocycles. The molecular formula is C16H16N2OS. The number of nitrogens with one attached hydrogen (secondary N) is 1. The first-order valence-electron chi connectivity index (χ1n) is 6.30. The average molecular weight is 284 g/mol. The fraction of sp³-hybridized carbons (Fsp3) is 0.188. The van der Waals surface area contributed by atoms with E-state index in [1.165, 1.54) is 0 Å². The summed E-state index contributed by atoms with van der Waals surface area (Å²) in [6, 6.07) is 9.50. The quantitative estimate of drug-likeness (QED) is 0.850. The van der Waals surface area contributed by atoms with Gasteiger partial charge in [0.15, 0.2) is 0 Å². The van der Waals surface area contributed by atoms with Crippen LogP contribution in [0.4, 0.5) is 0 Å². The minimum Gasteiger partial charge on any atom is -0.347 e. The molecule has 0 aliphatic rings. The highest BCUT2D eigenvalue weighted by atomic mass is 32.1. The number of benzene rings is 1. The van der Waals surface area contributed by atoms with E-state index in [1.807, 2.05) is 42.6 Å². The predicted molar refractivity (Wildman–Crippen MR) is 82.6 cm³/mol. The topological polar surface area (TPSA) is 55.1 Å². The molecule has 0 saturated carbocycles. The van der Waals surface area contributed by atoms with Crippen molar-refractivity contribution < 1.29 is 4.79 Å². The zero-order valence-corrected chi connectivity index (χ0v) is 12.1. The van der Waals surface area contributed by atoms with Crippen LogP contribution in [0.5, 0.6) is 0 Å². The molecule has 1 amide bonds. The molecule has 0 bridgehead atoms. The van der Waals surface area contributed by atoms with Gasteiger partial charge in [-0.1, -0.05) is 29.5 Å². The Balaban J connectivity index is 1.93. The Morgan fingerprint density at radius 3 is 2.80 bits per heavy atom. The Kier molecular flexibility index (Phi) is 4.94. The van der Waals surface area contributed by atoms with Gasteiger partial charge in [-0.05, 0) is 25.1 Å². The normalized spacial score (nSPS) is 9.70. The van der Waals surface area contributed by atoms with Crippen LogP contribution in [-0.2, 0) is 6.54 Å². The fourth-order valence-corrected chi connectivity index (χ4v) is 2.42. The highest BCUT2D eigenvalue weighted by molar-refractivity contribution is 7.10. The maximum Gasteiger partial charge on any atom is 0.251 e. The molecule has 0 spiro atoms. The number of carbonyl (C=O) groups is 1. The van der Waals surface area contributed by atoms with Gasteiger partial charge < -0.3 is 11.1 Å². The minimum atomic E-state index is -0.0620. The van der Waals surface area contributed by atoms with Gasteiger partial charge >= 0.3 is 0 Å². The molecule has 0 atom stereocenters. The van der Waals surface area contributed by atoms with Crippen molar-refractivity contribution >= 4 is 17.2 Å². The van der Waals surface area contributed by atoms with E-state index >= 15 is 0 Å². The monoisotopic (exact) mass is 284 g/mol. The molecule has 20 heavy (non-hydrogen) atoms. The van der Waals surface area contributed by atoms with Gasteiger partial charge in [0.05, 0.1) is 13.1 Å². The summed E-state index contributed by atoms with van der Waals surface area (Å²) in [5.41, 5.74) is 8.09. The Hall–Kier alpha value is -2.09. The number of amides is 1. The van der Waals surface area contributed by atoms with Crippen molar-refractivity contribution in [3.8, 4) is 11.8 Å². The van der Waals surface area contributed by atoms with Gasteiger partial charge in [-0.2, -0.15) is 0 Å². The lowest BCUT2D eigenvalue weighted by molar-refractivity contribution is 0.0951. The zero-order chi connectivity index (χ0) is 14.4. The molecule has 0 saturated heterocycles. The third kappa shape index (κ3) is 3.95. The van der Waals surface area contributed by atoms with Gasteiger partial charge in [0, 0.05) is 21.4 Å². The summed E-state index contributed by atoms with van der Waals surface area (Å²) in [5.74, 6) is 5.72. The Labute approximate surface area is 122 Å². The van der Waals surface area contributed by atoms with E-state index in [4.69, 9.17) is 5.73 Å². The number of aryl methyl sites for hydroxylation is 1. The van der Waals surface area contributed by atoms with Gasteiger partial charge in [0.25, 0.3) is 5.91 Å². The number of hydrogen-bond donors (Lipinski definition) is 2. The van der Waals surface area contributed by atoms with Crippen LogP contribution in [0.2, 0.25) is 0 Å². The van der Waals surface area contributed by atoms with Crippen LogP contribution in [0.3, 0.4) is 0 Å². The molecule has 0 unspecified atom stereocenters. The zero-order valence-electron chi connectivity index (χ0n) is 11.3. The van der Waals surface area contributed by atoms with E-state index in [0.717, 1.165) is 16.0 Å². The Morgan fingerprint density at radius 2 is 2.10 bits per heavy atom. The maximum atomic E-state index is 12.0. The van der Waals surface area contributed by atoms with Gasteiger partial charge in [0.2, 0.25) is 0 Å². The molecule has 2 aromatic rings. The first-order chi connectivity index (χ1) is 9.69. The molecule has 1 aromatic carbocycles. The van der Waals surface area contributed by atoms with Crippen LogP contribution < -0.4 is 11.1 Å². The van der Waals surface area contributed by atoms with Crippen LogP contribution in [0.25, 0.3) is 0 Å². The minimum absolute atomic E-state index is 0.0620. The smallest absolute Gasteiger partial charge is 0.251 e. The molecule has 0 radical (unpaired) electrons. The SMILES string of the molecule is Cc1ccc(C(=O)NCc2cc(C#CCN)cs2)cc1. The molecule has 0 aliphatic carbocycles. The Bertz CT molecular complexity index is 647. The predicted octanol–water partition coefficient (Wildman–Crippen LogP) is 2.30. The molecule has 3 nitrogen and oxygen atoms in total. The first kappa shape index (κ1) is 14.3.